The largest absolute Gasteiger partial charge is 0.355 e. The summed E-state index contributed by atoms with van der Waals surface area (Å²) in [5.41, 5.74) is 3.29. The van der Waals surface area contributed by atoms with Gasteiger partial charge in [-0.3, -0.25) is 9.48 Å². The molecule has 2 aromatic rings. The molecule has 1 atom stereocenters. The highest BCUT2D eigenvalue weighted by molar-refractivity contribution is 7.89. The Morgan fingerprint density at radius 1 is 1.23 bits per heavy atom. The standard InChI is InChI=1S/C18H24N4O3S/c1-12-8-13(2)17(9-15(12)14-10-20-22(3)11-14)26(24,25)21-16-6-4-5-7-19-18(16)23/h8-11,16,21H,4-7H2,1-3H3,(H,19,23)/t16-/m1/s1. The van der Waals surface area contributed by atoms with Crippen LogP contribution in [0.3, 0.4) is 0 Å². The van der Waals surface area contributed by atoms with Crippen molar-refractivity contribution in [2.45, 2.75) is 44.0 Å². The van der Waals surface area contributed by atoms with Gasteiger partial charge in [-0.1, -0.05) is 6.07 Å². The van der Waals surface area contributed by atoms with Crippen LogP contribution in [0.5, 0.6) is 0 Å². The van der Waals surface area contributed by atoms with Gasteiger partial charge in [-0.2, -0.15) is 9.82 Å². The molecule has 1 saturated heterocycles. The molecule has 26 heavy (non-hydrogen) atoms. The van der Waals surface area contributed by atoms with E-state index >= 15 is 0 Å². The fourth-order valence-electron chi connectivity index (χ4n) is 3.30. The third-order valence-corrected chi connectivity index (χ3v) is 6.27. The van der Waals surface area contributed by atoms with Crippen molar-refractivity contribution in [2.24, 2.45) is 7.05 Å². The Labute approximate surface area is 153 Å². The van der Waals surface area contributed by atoms with Gasteiger partial charge in [0.25, 0.3) is 0 Å². The summed E-state index contributed by atoms with van der Waals surface area (Å²) < 4.78 is 30.2. The number of sulfonamides is 1. The molecule has 2 N–H and O–H groups in total. The molecule has 1 amide bonds. The van der Waals surface area contributed by atoms with Crippen LogP contribution in [0.25, 0.3) is 11.1 Å². The Morgan fingerprint density at radius 3 is 2.69 bits per heavy atom. The molecule has 3 rings (SSSR count). The van der Waals surface area contributed by atoms with E-state index in [0.29, 0.717) is 18.5 Å². The predicted molar refractivity (Wildman–Crippen MR) is 99.1 cm³/mol. The second kappa shape index (κ2) is 7.20. The molecular formula is C18H24N4O3S. The van der Waals surface area contributed by atoms with Gasteiger partial charge in [0.1, 0.15) is 6.04 Å². The summed E-state index contributed by atoms with van der Waals surface area (Å²) in [5, 5.41) is 6.92. The summed E-state index contributed by atoms with van der Waals surface area (Å²) in [7, 11) is -2.00. The normalized spacial score (nSPS) is 18.4. The fraction of sp³-hybridized carbons (Fsp3) is 0.444. The molecular weight excluding hydrogens is 352 g/mol. The molecule has 0 spiro atoms. The van der Waals surface area contributed by atoms with Gasteiger partial charge in [0, 0.05) is 25.4 Å². The number of carbonyl (C=O) groups is 1. The highest BCUT2D eigenvalue weighted by Crippen LogP contribution is 2.28. The van der Waals surface area contributed by atoms with E-state index in [1.165, 1.54) is 0 Å². The van der Waals surface area contributed by atoms with Crippen molar-refractivity contribution >= 4 is 15.9 Å². The number of hydrogen-bond donors (Lipinski definition) is 2. The topological polar surface area (TPSA) is 93.1 Å². The lowest BCUT2D eigenvalue weighted by Gasteiger charge is -2.18. The molecule has 1 aromatic heterocycles. The van der Waals surface area contributed by atoms with Crippen LogP contribution in [0.15, 0.2) is 29.4 Å². The monoisotopic (exact) mass is 376 g/mol. The van der Waals surface area contributed by atoms with Gasteiger partial charge in [-0.25, -0.2) is 8.42 Å². The van der Waals surface area contributed by atoms with Crippen molar-refractivity contribution in [2.75, 3.05) is 6.54 Å². The number of nitrogens with zero attached hydrogens (tertiary/aromatic N) is 2. The second-order valence-electron chi connectivity index (χ2n) is 6.80. The maximum Gasteiger partial charge on any atom is 0.241 e. The van der Waals surface area contributed by atoms with Gasteiger partial charge in [-0.15, -0.1) is 0 Å². The number of aromatic nitrogens is 2. The first-order valence-electron chi connectivity index (χ1n) is 8.68. The Hall–Kier alpha value is -2.19. The van der Waals surface area contributed by atoms with Crippen molar-refractivity contribution in [3.8, 4) is 11.1 Å². The molecule has 140 valence electrons. The van der Waals surface area contributed by atoms with E-state index in [4.69, 9.17) is 0 Å². The van der Waals surface area contributed by atoms with Crippen molar-refractivity contribution in [3.05, 3.63) is 35.7 Å². The molecule has 0 unspecified atom stereocenters. The van der Waals surface area contributed by atoms with Gasteiger partial charge < -0.3 is 5.32 Å². The lowest BCUT2D eigenvalue weighted by Crippen LogP contribution is -2.45. The quantitative estimate of drug-likeness (QED) is 0.849. The number of amides is 1. The third-order valence-electron chi connectivity index (χ3n) is 4.66. The van der Waals surface area contributed by atoms with Crippen LogP contribution in [0.2, 0.25) is 0 Å². The lowest BCUT2D eigenvalue weighted by atomic mass is 10.0. The average Bonchev–Trinajstić information content (AvgIpc) is 2.89. The van der Waals surface area contributed by atoms with Gasteiger partial charge in [0.2, 0.25) is 15.9 Å². The van der Waals surface area contributed by atoms with Crippen LogP contribution >= 0.6 is 0 Å². The smallest absolute Gasteiger partial charge is 0.241 e. The van der Waals surface area contributed by atoms with E-state index in [0.717, 1.165) is 29.5 Å². The molecule has 2 heterocycles. The number of carbonyl (C=O) groups excluding carboxylic acids is 1. The van der Waals surface area contributed by atoms with Crippen molar-refractivity contribution in [1.29, 1.82) is 0 Å². The Bertz CT molecular complexity index is 934. The summed E-state index contributed by atoms with van der Waals surface area (Å²) in [4.78, 5) is 12.3. The summed E-state index contributed by atoms with van der Waals surface area (Å²) in [6.07, 6.45) is 5.73. The van der Waals surface area contributed by atoms with Crippen LogP contribution < -0.4 is 10.0 Å². The Balaban J connectivity index is 1.97. The van der Waals surface area contributed by atoms with Crippen LogP contribution in [0.1, 0.15) is 30.4 Å². The summed E-state index contributed by atoms with van der Waals surface area (Å²) in [6.45, 7) is 4.30. The average molecular weight is 376 g/mol. The van der Waals surface area contributed by atoms with Crippen LogP contribution in [0, 0.1) is 13.8 Å². The summed E-state index contributed by atoms with van der Waals surface area (Å²) in [5.74, 6) is -0.261. The third kappa shape index (κ3) is 3.81. The zero-order valence-corrected chi connectivity index (χ0v) is 16.1. The molecule has 1 aliphatic heterocycles. The number of aryl methyl sites for hydroxylation is 3. The maximum absolute atomic E-state index is 13.0. The molecule has 1 aliphatic rings. The minimum absolute atomic E-state index is 0.194. The molecule has 7 nitrogen and oxygen atoms in total. The van der Waals surface area contributed by atoms with Gasteiger partial charge in [0.15, 0.2) is 0 Å². The van der Waals surface area contributed by atoms with E-state index in [1.54, 1.807) is 23.9 Å². The molecule has 0 aliphatic carbocycles. The molecule has 0 bridgehead atoms. The Kier molecular flexibility index (Phi) is 5.15. The van der Waals surface area contributed by atoms with Gasteiger partial charge >= 0.3 is 0 Å². The van der Waals surface area contributed by atoms with Crippen molar-refractivity contribution < 1.29 is 13.2 Å². The number of nitrogens with one attached hydrogen (secondary N) is 2. The first kappa shape index (κ1) is 18.6. The minimum Gasteiger partial charge on any atom is -0.355 e. The Morgan fingerprint density at radius 2 is 2.00 bits per heavy atom. The summed E-state index contributed by atoms with van der Waals surface area (Å²) in [6, 6.07) is 2.79. The van der Waals surface area contributed by atoms with Crippen LogP contribution in [-0.2, 0) is 21.9 Å². The lowest BCUT2D eigenvalue weighted by molar-refractivity contribution is -0.122. The molecule has 0 radical (unpaired) electrons. The van der Waals surface area contributed by atoms with E-state index in [2.05, 4.69) is 15.1 Å². The van der Waals surface area contributed by atoms with Gasteiger partial charge in [0.05, 0.1) is 11.1 Å². The van der Waals surface area contributed by atoms with Crippen LogP contribution in [-0.4, -0.2) is 36.7 Å². The SMILES string of the molecule is Cc1cc(C)c(S(=O)(=O)N[C@@H]2CCCCNC2=O)cc1-c1cnn(C)c1. The summed E-state index contributed by atoms with van der Waals surface area (Å²) >= 11 is 0. The van der Waals surface area contributed by atoms with Crippen LogP contribution in [0.4, 0.5) is 0 Å². The number of hydrogen-bond acceptors (Lipinski definition) is 4. The number of rotatable bonds is 4. The molecule has 0 saturated carbocycles. The molecule has 8 heteroatoms. The maximum atomic E-state index is 13.0. The van der Waals surface area contributed by atoms with E-state index in [-0.39, 0.29) is 10.8 Å². The second-order valence-corrected chi connectivity index (χ2v) is 8.48. The molecule has 1 fully saturated rings. The van der Waals surface area contributed by atoms with E-state index in [9.17, 15) is 13.2 Å². The van der Waals surface area contributed by atoms with Crippen molar-refractivity contribution in [1.82, 2.24) is 19.8 Å². The highest BCUT2D eigenvalue weighted by Gasteiger charge is 2.28. The van der Waals surface area contributed by atoms with E-state index in [1.807, 2.05) is 26.2 Å². The van der Waals surface area contributed by atoms with E-state index < -0.39 is 16.1 Å². The fourth-order valence-corrected chi connectivity index (χ4v) is 4.78. The molecule has 1 aromatic carbocycles. The zero-order chi connectivity index (χ0) is 18.9. The van der Waals surface area contributed by atoms with Gasteiger partial charge in [-0.05, 0) is 55.9 Å². The number of benzene rings is 1. The first-order chi connectivity index (χ1) is 12.3. The first-order valence-corrected chi connectivity index (χ1v) is 10.2. The highest BCUT2D eigenvalue weighted by atomic mass is 32.2. The minimum atomic E-state index is -3.82. The van der Waals surface area contributed by atoms with Crippen molar-refractivity contribution in [3.63, 3.8) is 0 Å². The zero-order valence-electron chi connectivity index (χ0n) is 15.2. The predicted octanol–water partition coefficient (Wildman–Crippen LogP) is 1.65.